The highest BCUT2D eigenvalue weighted by molar-refractivity contribution is 6.34. The van der Waals surface area contributed by atoms with Gasteiger partial charge in [0.25, 0.3) is 0 Å². The van der Waals surface area contributed by atoms with Crippen LogP contribution in [0.25, 0.3) is 0 Å². The van der Waals surface area contributed by atoms with Crippen LogP contribution in [0.15, 0.2) is 29.4 Å². The second kappa shape index (κ2) is 9.34. The number of rotatable bonds is 5. The number of hydrogen-bond acceptors (Lipinski definition) is 6. The molecule has 3 aliphatic rings. The van der Waals surface area contributed by atoms with Crippen LogP contribution in [0.4, 0.5) is 30.7 Å². The van der Waals surface area contributed by atoms with E-state index in [4.69, 9.17) is 32.8 Å². The summed E-state index contributed by atoms with van der Waals surface area (Å²) < 4.78 is 102. The molecule has 2 atom stereocenters. The molecular weight excluding hydrogens is 584 g/mol. The number of benzene rings is 2. The van der Waals surface area contributed by atoms with Gasteiger partial charge in [-0.15, -0.1) is 0 Å². The molecule has 1 spiro atoms. The lowest BCUT2D eigenvalue weighted by Crippen LogP contribution is -2.57. The van der Waals surface area contributed by atoms with E-state index in [0.717, 1.165) is 18.2 Å². The zero-order valence-corrected chi connectivity index (χ0v) is 20.8. The zero-order chi connectivity index (χ0) is 28.5. The molecule has 1 fully saturated rings. The van der Waals surface area contributed by atoms with Gasteiger partial charge in [-0.2, -0.15) is 26.3 Å². The van der Waals surface area contributed by atoms with Gasteiger partial charge in [-0.3, -0.25) is 4.79 Å². The molecule has 2 aromatic rings. The summed E-state index contributed by atoms with van der Waals surface area (Å²) in [5.41, 5.74) is -4.39. The van der Waals surface area contributed by atoms with E-state index in [1.807, 2.05) is 0 Å². The number of nitrogens with one attached hydrogen (secondary N) is 1. The van der Waals surface area contributed by atoms with Crippen LogP contribution in [-0.4, -0.2) is 42.9 Å². The first-order chi connectivity index (χ1) is 18.1. The number of ether oxygens (including phenoxy) is 1. The Morgan fingerprint density at radius 3 is 2.41 bits per heavy atom. The highest BCUT2D eigenvalue weighted by Gasteiger charge is 2.57. The van der Waals surface area contributed by atoms with Gasteiger partial charge in [0.15, 0.2) is 17.5 Å². The molecule has 0 radical (unpaired) electrons. The van der Waals surface area contributed by atoms with Gasteiger partial charge in [0.1, 0.15) is 17.4 Å². The Balaban J connectivity index is 1.66. The number of hydrogen-bond donors (Lipinski definition) is 1. The standard InChI is InChI=1S/C24H15Cl2F7N2O4/c25-9-5-11(18(27)13(26)6-9)20-17(24(31,32)33)19(35-39-20)10-1-2-12-16(21(37)38-22(12)7-34-8-22)15(10)14(36)3-4-23(28,29)30/h1-2,5-6,17,20,34H,3-4,7-8H2. The van der Waals surface area contributed by atoms with Crippen molar-refractivity contribution in [2.24, 2.45) is 11.1 Å². The summed E-state index contributed by atoms with van der Waals surface area (Å²) in [5.74, 6) is -6.28. The lowest BCUT2D eigenvalue weighted by atomic mass is 9.79. The first-order valence-corrected chi connectivity index (χ1v) is 12.1. The van der Waals surface area contributed by atoms with Crippen molar-refractivity contribution in [3.8, 4) is 0 Å². The van der Waals surface area contributed by atoms with Crippen LogP contribution in [0.2, 0.25) is 10.0 Å². The van der Waals surface area contributed by atoms with Crippen molar-refractivity contribution in [2.45, 2.75) is 36.9 Å². The number of halogens is 9. The average Bonchev–Trinajstić information content (AvgIpc) is 3.38. The van der Waals surface area contributed by atoms with Crippen LogP contribution in [0.3, 0.4) is 0 Å². The molecule has 39 heavy (non-hydrogen) atoms. The summed E-state index contributed by atoms with van der Waals surface area (Å²) in [6.07, 6.45) is -14.8. The third kappa shape index (κ3) is 4.74. The van der Waals surface area contributed by atoms with E-state index in [1.54, 1.807) is 0 Å². The molecule has 0 bridgehead atoms. The summed E-state index contributed by atoms with van der Waals surface area (Å²) in [5, 5.41) is 5.58. The minimum Gasteiger partial charge on any atom is -0.448 e. The third-order valence-electron chi connectivity index (χ3n) is 6.74. The summed E-state index contributed by atoms with van der Waals surface area (Å²) in [6, 6.07) is 4.15. The first kappa shape index (κ1) is 27.7. The smallest absolute Gasteiger partial charge is 0.401 e. The summed E-state index contributed by atoms with van der Waals surface area (Å²) in [6.45, 7) is 0.265. The van der Waals surface area contributed by atoms with E-state index < -0.39 is 93.4 Å². The van der Waals surface area contributed by atoms with Crippen molar-refractivity contribution >= 4 is 40.7 Å². The Morgan fingerprint density at radius 2 is 1.82 bits per heavy atom. The molecule has 0 amide bonds. The van der Waals surface area contributed by atoms with Crippen LogP contribution in [0.5, 0.6) is 0 Å². The van der Waals surface area contributed by atoms with Crippen molar-refractivity contribution < 1.29 is 49.9 Å². The molecule has 0 aliphatic carbocycles. The van der Waals surface area contributed by atoms with Crippen molar-refractivity contribution in [1.82, 2.24) is 5.32 Å². The van der Waals surface area contributed by atoms with E-state index in [9.17, 15) is 40.3 Å². The molecular formula is C24H15Cl2F7N2O4. The second-order valence-corrected chi connectivity index (χ2v) is 10.1. The Hall–Kier alpha value is -2.90. The van der Waals surface area contributed by atoms with E-state index >= 15 is 0 Å². The fourth-order valence-electron chi connectivity index (χ4n) is 4.91. The molecule has 3 aliphatic heterocycles. The maximum atomic E-state index is 14.8. The lowest BCUT2D eigenvalue weighted by Gasteiger charge is -2.38. The van der Waals surface area contributed by atoms with Gasteiger partial charge in [-0.25, -0.2) is 9.18 Å². The lowest BCUT2D eigenvalue weighted by molar-refractivity contribution is -0.178. The molecule has 15 heteroatoms. The van der Waals surface area contributed by atoms with Gasteiger partial charge >= 0.3 is 18.3 Å². The van der Waals surface area contributed by atoms with Crippen LogP contribution in [0, 0.1) is 11.7 Å². The van der Waals surface area contributed by atoms with Crippen molar-refractivity contribution in [1.29, 1.82) is 0 Å². The Morgan fingerprint density at radius 1 is 1.13 bits per heavy atom. The molecule has 208 valence electrons. The Labute approximate surface area is 225 Å². The molecule has 5 rings (SSSR count). The Bertz CT molecular complexity index is 1420. The maximum Gasteiger partial charge on any atom is 0.401 e. The van der Waals surface area contributed by atoms with E-state index in [2.05, 4.69) is 10.5 Å². The Kier molecular flexibility index (Phi) is 6.62. The van der Waals surface area contributed by atoms with Gasteiger partial charge in [0, 0.05) is 46.8 Å². The predicted molar refractivity (Wildman–Crippen MR) is 122 cm³/mol. The number of fused-ring (bicyclic) bond motifs is 2. The molecule has 2 unspecified atom stereocenters. The number of nitrogens with zero attached hydrogens (tertiary/aromatic N) is 1. The van der Waals surface area contributed by atoms with E-state index in [-0.39, 0.29) is 23.7 Å². The number of carbonyl (C=O) groups excluding carboxylic acids is 2. The minimum atomic E-state index is -5.16. The first-order valence-electron chi connectivity index (χ1n) is 11.3. The SMILES string of the molecule is O=C(CCC(F)(F)F)c1c(C2=NOC(c3cc(Cl)cc(Cl)c3F)C2C(F)(F)F)ccc2c1C(=O)OC21CNC1. The van der Waals surface area contributed by atoms with Crippen molar-refractivity contribution in [3.63, 3.8) is 0 Å². The second-order valence-electron chi connectivity index (χ2n) is 9.25. The van der Waals surface area contributed by atoms with Crippen molar-refractivity contribution in [2.75, 3.05) is 13.1 Å². The topological polar surface area (TPSA) is 77.0 Å². The third-order valence-corrected chi connectivity index (χ3v) is 7.24. The van der Waals surface area contributed by atoms with Crippen molar-refractivity contribution in [3.05, 3.63) is 67.9 Å². The summed E-state index contributed by atoms with van der Waals surface area (Å²) in [4.78, 5) is 31.0. The van der Waals surface area contributed by atoms with Crippen LogP contribution in [0.1, 0.15) is 56.4 Å². The fourth-order valence-corrected chi connectivity index (χ4v) is 5.42. The average molecular weight is 599 g/mol. The van der Waals surface area contributed by atoms with Gasteiger partial charge in [0.2, 0.25) is 0 Å². The number of carbonyl (C=O) groups is 2. The molecule has 6 nitrogen and oxygen atoms in total. The summed E-state index contributed by atoms with van der Waals surface area (Å²) >= 11 is 11.6. The van der Waals surface area contributed by atoms with Gasteiger partial charge in [-0.1, -0.05) is 40.5 Å². The van der Waals surface area contributed by atoms with Gasteiger partial charge in [0.05, 0.1) is 17.0 Å². The van der Waals surface area contributed by atoms with Crippen LogP contribution in [-0.2, 0) is 15.2 Å². The highest BCUT2D eigenvalue weighted by atomic mass is 35.5. The number of esters is 1. The predicted octanol–water partition coefficient (Wildman–Crippen LogP) is 6.28. The zero-order valence-electron chi connectivity index (χ0n) is 19.3. The molecule has 1 N–H and O–H groups in total. The molecule has 0 aromatic heterocycles. The molecule has 0 saturated carbocycles. The quantitative estimate of drug-likeness (QED) is 0.190. The van der Waals surface area contributed by atoms with Gasteiger partial charge in [-0.05, 0) is 12.1 Å². The number of alkyl halides is 6. The molecule has 1 saturated heterocycles. The van der Waals surface area contributed by atoms with Crippen LogP contribution >= 0.6 is 23.2 Å². The van der Waals surface area contributed by atoms with Gasteiger partial charge < -0.3 is 14.9 Å². The molecule has 2 aromatic carbocycles. The maximum absolute atomic E-state index is 14.8. The summed E-state index contributed by atoms with van der Waals surface area (Å²) in [7, 11) is 0. The van der Waals surface area contributed by atoms with Crippen LogP contribution < -0.4 is 5.32 Å². The molecule has 3 heterocycles. The highest BCUT2D eigenvalue weighted by Crippen LogP contribution is 2.49. The normalized spacial score (nSPS) is 21.8. The monoisotopic (exact) mass is 598 g/mol. The van der Waals surface area contributed by atoms with E-state index in [0.29, 0.717) is 0 Å². The number of ketones is 1. The number of oxime groups is 1. The fraction of sp³-hybridized carbons (Fsp3) is 0.375. The van der Waals surface area contributed by atoms with E-state index in [1.165, 1.54) is 6.07 Å². The number of Topliss-reactive ketones (excluding diaryl/α,β-unsaturated/α-hetero) is 1. The largest absolute Gasteiger partial charge is 0.448 e. The minimum absolute atomic E-state index is 0.132.